The zero-order valence-electron chi connectivity index (χ0n) is 25.7. The summed E-state index contributed by atoms with van der Waals surface area (Å²) in [5.41, 5.74) is 0.725. The highest BCUT2D eigenvalue weighted by Gasteiger charge is 2.34. The predicted octanol–water partition coefficient (Wildman–Crippen LogP) is 5.77. The Bertz CT molecular complexity index is 1200. The number of benzene rings is 2. The molecule has 0 aromatic heterocycles. The molecular formula is C31H42F3N5O4. The fourth-order valence-corrected chi connectivity index (χ4v) is 3.52. The van der Waals surface area contributed by atoms with Gasteiger partial charge in [0.1, 0.15) is 6.04 Å². The first-order valence-corrected chi connectivity index (χ1v) is 13.5. The standard InChI is InChI=1S/C10H10F3NO.C9H13N3O2.C7H7NO.C5H12/c1-6-4-3-5-8(10(11,12)13)9(6)14-7(2)15;1-7-2-8(3-10)12(5-7)9(14)4-11-6-13;9-6-8-7-4-2-1-3-5-7;1-5(2,3)4/h3-5H,1-2H3,(H,14,15);6-8H,2,4-5H2,1H3,(H,11,13);1-6H,(H,8,9);1-4H3. The van der Waals surface area contributed by atoms with Crippen LogP contribution in [0.5, 0.6) is 0 Å². The van der Waals surface area contributed by atoms with Crippen molar-refractivity contribution < 1.29 is 32.3 Å². The quantitative estimate of drug-likeness (QED) is 0.360. The number of carbonyl (C=O) groups is 4. The van der Waals surface area contributed by atoms with Crippen LogP contribution in [-0.2, 0) is 25.4 Å². The third kappa shape index (κ3) is 17.2. The molecule has 0 spiro atoms. The Hall–Kier alpha value is -4.40. The van der Waals surface area contributed by atoms with Crippen LogP contribution in [0.4, 0.5) is 24.5 Å². The molecule has 1 saturated heterocycles. The molecule has 236 valence electrons. The fourth-order valence-electron chi connectivity index (χ4n) is 3.52. The highest BCUT2D eigenvalue weighted by atomic mass is 19.4. The number of hydrogen-bond donors (Lipinski definition) is 3. The number of para-hydroxylation sites is 2. The van der Waals surface area contributed by atoms with E-state index in [-0.39, 0.29) is 24.2 Å². The van der Waals surface area contributed by atoms with E-state index in [4.69, 9.17) is 5.26 Å². The number of nitriles is 1. The molecule has 1 aliphatic heterocycles. The zero-order valence-corrected chi connectivity index (χ0v) is 25.7. The van der Waals surface area contributed by atoms with Gasteiger partial charge in [-0.05, 0) is 48.4 Å². The average molecular weight is 606 g/mol. The smallest absolute Gasteiger partial charge is 0.350 e. The lowest BCUT2D eigenvalue weighted by Crippen LogP contribution is -2.40. The topological polar surface area (TPSA) is 131 Å². The average Bonchev–Trinajstić information content (AvgIpc) is 3.29. The molecule has 0 aliphatic carbocycles. The molecule has 2 aromatic rings. The largest absolute Gasteiger partial charge is 0.418 e. The second-order valence-electron chi connectivity index (χ2n) is 11.3. The maximum Gasteiger partial charge on any atom is 0.418 e. The van der Waals surface area contributed by atoms with Crippen molar-refractivity contribution in [1.82, 2.24) is 10.2 Å². The number of likely N-dealkylation sites (tertiary alicyclic amines) is 1. The Balaban J connectivity index is 0.000000583. The van der Waals surface area contributed by atoms with Gasteiger partial charge >= 0.3 is 6.18 Å². The maximum atomic E-state index is 12.5. The number of carbonyl (C=O) groups excluding carboxylic acids is 4. The van der Waals surface area contributed by atoms with E-state index in [9.17, 15) is 32.3 Å². The van der Waals surface area contributed by atoms with Gasteiger partial charge in [0.15, 0.2) is 0 Å². The van der Waals surface area contributed by atoms with Crippen molar-refractivity contribution >= 4 is 36.0 Å². The molecule has 2 unspecified atom stereocenters. The molecule has 4 amide bonds. The van der Waals surface area contributed by atoms with Crippen molar-refractivity contribution in [2.75, 3.05) is 23.7 Å². The highest BCUT2D eigenvalue weighted by molar-refractivity contribution is 5.90. The predicted molar refractivity (Wildman–Crippen MR) is 161 cm³/mol. The van der Waals surface area contributed by atoms with Crippen molar-refractivity contribution in [3.05, 3.63) is 59.7 Å². The number of nitrogens with one attached hydrogen (secondary N) is 3. The van der Waals surface area contributed by atoms with Crippen LogP contribution in [0.1, 0.15) is 59.1 Å². The Kier molecular flexibility index (Phi) is 17.0. The van der Waals surface area contributed by atoms with Crippen LogP contribution in [0.3, 0.4) is 0 Å². The summed E-state index contributed by atoms with van der Waals surface area (Å²) < 4.78 is 37.6. The SMILES string of the molecule is CC(=O)Nc1c(C)cccc1C(F)(F)F.CC(C)(C)C.CC1CC(C#N)N(C(=O)CNC=O)C1.O=CNc1ccccc1. The summed E-state index contributed by atoms with van der Waals surface area (Å²) >= 11 is 0. The number of halogens is 3. The van der Waals surface area contributed by atoms with Crippen molar-refractivity contribution in [3.8, 4) is 6.07 Å². The van der Waals surface area contributed by atoms with Gasteiger partial charge in [0.05, 0.1) is 23.9 Å². The molecule has 43 heavy (non-hydrogen) atoms. The van der Waals surface area contributed by atoms with Crippen LogP contribution >= 0.6 is 0 Å². The molecule has 1 fully saturated rings. The molecule has 1 heterocycles. The van der Waals surface area contributed by atoms with E-state index >= 15 is 0 Å². The first kappa shape index (κ1) is 38.6. The summed E-state index contributed by atoms with van der Waals surface area (Å²) in [4.78, 5) is 43.6. The monoisotopic (exact) mass is 605 g/mol. The number of hydrogen-bond acceptors (Lipinski definition) is 5. The van der Waals surface area contributed by atoms with E-state index in [0.29, 0.717) is 36.3 Å². The van der Waals surface area contributed by atoms with Gasteiger partial charge in [-0.3, -0.25) is 19.2 Å². The van der Waals surface area contributed by atoms with Gasteiger partial charge in [0.2, 0.25) is 24.6 Å². The van der Waals surface area contributed by atoms with Crippen LogP contribution < -0.4 is 16.0 Å². The van der Waals surface area contributed by atoms with Crippen LogP contribution in [0.15, 0.2) is 48.5 Å². The van der Waals surface area contributed by atoms with E-state index < -0.39 is 17.6 Å². The van der Waals surface area contributed by atoms with Gasteiger partial charge in [0, 0.05) is 19.2 Å². The lowest BCUT2D eigenvalue weighted by Gasteiger charge is -2.18. The van der Waals surface area contributed by atoms with Gasteiger partial charge in [-0.25, -0.2) is 0 Å². The highest BCUT2D eigenvalue weighted by Crippen LogP contribution is 2.36. The molecule has 0 bridgehead atoms. The lowest BCUT2D eigenvalue weighted by atomic mass is 10.0. The Morgan fingerprint density at radius 2 is 1.60 bits per heavy atom. The molecule has 0 saturated carbocycles. The summed E-state index contributed by atoms with van der Waals surface area (Å²) in [6.45, 7) is 14.0. The Labute approximate surface area is 251 Å². The van der Waals surface area contributed by atoms with Gasteiger partial charge in [-0.2, -0.15) is 18.4 Å². The van der Waals surface area contributed by atoms with Gasteiger partial charge in [-0.1, -0.05) is 65.0 Å². The first-order valence-electron chi connectivity index (χ1n) is 13.5. The number of nitrogens with zero attached hydrogens (tertiary/aromatic N) is 2. The minimum atomic E-state index is -4.45. The molecule has 9 nitrogen and oxygen atoms in total. The van der Waals surface area contributed by atoms with E-state index in [1.165, 1.54) is 30.9 Å². The van der Waals surface area contributed by atoms with E-state index in [2.05, 4.69) is 49.7 Å². The summed E-state index contributed by atoms with van der Waals surface area (Å²) in [6, 6.07) is 14.8. The van der Waals surface area contributed by atoms with Crippen LogP contribution in [0, 0.1) is 29.6 Å². The van der Waals surface area contributed by atoms with Crippen molar-refractivity contribution in [2.24, 2.45) is 11.3 Å². The Morgan fingerprint density at radius 3 is 2.07 bits per heavy atom. The number of rotatable bonds is 6. The first-order chi connectivity index (χ1) is 19.9. The normalized spacial score (nSPS) is 15.4. The minimum absolute atomic E-state index is 0.0194. The van der Waals surface area contributed by atoms with E-state index in [0.717, 1.165) is 18.2 Å². The molecule has 2 atom stereocenters. The number of anilines is 2. The van der Waals surface area contributed by atoms with Gasteiger partial charge < -0.3 is 20.9 Å². The molecule has 3 rings (SSSR count). The van der Waals surface area contributed by atoms with E-state index in [1.54, 1.807) is 0 Å². The summed E-state index contributed by atoms with van der Waals surface area (Å²) in [5.74, 6) is -0.345. The molecular weight excluding hydrogens is 563 g/mol. The summed E-state index contributed by atoms with van der Waals surface area (Å²) in [5, 5.41) is 15.8. The second-order valence-corrected chi connectivity index (χ2v) is 11.3. The molecule has 2 aromatic carbocycles. The third-order valence-corrected chi connectivity index (χ3v) is 5.19. The van der Waals surface area contributed by atoms with Crippen LogP contribution in [-0.4, -0.2) is 48.7 Å². The number of alkyl halides is 3. The molecule has 12 heteroatoms. The van der Waals surface area contributed by atoms with E-state index in [1.807, 2.05) is 37.3 Å². The van der Waals surface area contributed by atoms with Crippen molar-refractivity contribution in [1.29, 1.82) is 5.26 Å². The van der Waals surface area contributed by atoms with Crippen LogP contribution in [0.2, 0.25) is 0 Å². The van der Waals surface area contributed by atoms with Crippen molar-refractivity contribution in [3.63, 3.8) is 0 Å². The third-order valence-electron chi connectivity index (χ3n) is 5.19. The maximum absolute atomic E-state index is 12.5. The summed E-state index contributed by atoms with van der Waals surface area (Å²) in [7, 11) is 0. The van der Waals surface area contributed by atoms with Crippen LogP contribution in [0.25, 0.3) is 0 Å². The number of amides is 4. The molecule has 3 N–H and O–H groups in total. The Morgan fingerprint density at radius 1 is 1.02 bits per heavy atom. The minimum Gasteiger partial charge on any atom is -0.350 e. The molecule has 1 aliphatic rings. The fraction of sp³-hybridized carbons (Fsp3) is 0.452. The second kappa shape index (κ2) is 18.9. The number of aryl methyl sites for hydroxylation is 1. The lowest BCUT2D eigenvalue weighted by molar-refractivity contribution is -0.137. The van der Waals surface area contributed by atoms with Gasteiger partial charge in [-0.15, -0.1) is 0 Å². The summed E-state index contributed by atoms with van der Waals surface area (Å²) in [6.07, 6.45) is -2.58. The van der Waals surface area contributed by atoms with Gasteiger partial charge in [0.25, 0.3) is 0 Å². The zero-order chi connectivity index (χ0) is 33.2. The molecule has 0 radical (unpaired) electrons. The van der Waals surface area contributed by atoms with Crippen molar-refractivity contribution in [2.45, 2.75) is 67.1 Å².